The number of nitrogens with zero attached hydrogens (tertiary/aromatic N) is 1. The third-order valence-corrected chi connectivity index (χ3v) is 3.20. The van der Waals surface area contributed by atoms with Crippen LogP contribution in [-0.4, -0.2) is 9.55 Å². The van der Waals surface area contributed by atoms with E-state index in [-0.39, 0.29) is 5.56 Å². The van der Waals surface area contributed by atoms with Crippen molar-refractivity contribution in [3.05, 3.63) is 39.1 Å². The lowest BCUT2D eigenvalue weighted by Crippen LogP contribution is -2.23. The Kier molecular flexibility index (Phi) is 3.61. The Balaban J connectivity index is 2.60. The monoisotopic (exact) mass is 266 g/mol. The molecule has 0 radical (unpaired) electrons. The first-order valence-electron chi connectivity index (χ1n) is 5.91. The number of halogens is 1. The van der Waals surface area contributed by atoms with Crippen molar-refractivity contribution in [2.75, 3.05) is 0 Å². The highest BCUT2D eigenvalue weighted by molar-refractivity contribution is 7.71. The van der Waals surface area contributed by atoms with Crippen LogP contribution in [0.1, 0.15) is 20.3 Å². The molecular weight excluding hydrogens is 251 g/mol. The van der Waals surface area contributed by atoms with E-state index in [0.29, 0.717) is 28.1 Å². The van der Waals surface area contributed by atoms with E-state index in [1.54, 1.807) is 0 Å². The van der Waals surface area contributed by atoms with Gasteiger partial charge in [-0.05, 0) is 42.8 Å². The summed E-state index contributed by atoms with van der Waals surface area (Å²) in [6, 6.07) is 4.09. The quantitative estimate of drug-likeness (QED) is 0.866. The van der Waals surface area contributed by atoms with Gasteiger partial charge in [0.1, 0.15) is 5.82 Å². The smallest absolute Gasteiger partial charge is 0.262 e. The first kappa shape index (κ1) is 13.0. The summed E-state index contributed by atoms with van der Waals surface area (Å²) in [7, 11) is 0. The van der Waals surface area contributed by atoms with E-state index in [1.165, 1.54) is 22.8 Å². The molecule has 0 unspecified atom stereocenters. The van der Waals surface area contributed by atoms with E-state index in [2.05, 4.69) is 18.8 Å². The van der Waals surface area contributed by atoms with Crippen molar-refractivity contribution in [1.29, 1.82) is 0 Å². The van der Waals surface area contributed by atoms with Crippen LogP contribution in [0.3, 0.4) is 0 Å². The summed E-state index contributed by atoms with van der Waals surface area (Å²) in [6.07, 6.45) is 0.859. The topological polar surface area (TPSA) is 37.8 Å². The normalized spacial score (nSPS) is 11.3. The van der Waals surface area contributed by atoms with Gasteiger partial charge in [-0.2, -0.15) is 0 Å². The molecular formula is C13H15FN2OS. The van der Waals surface area contributed by atoms with Crippen LogP contribution in [0.2, 0.25) is 0 Å². The van der Waals surface area contributed by atoms with Crippen LogP contribution in [0.15, 0.2) is 23.0 Å². The molecule has 0 amide bonds. The first-order chi connectivity index (χ1) is 8.49. The third kappa shape index (κ3) is 2.51. The number of aromatic nitrogens is 2. The van der Waals surface area contributed by atoms with Gasteiger partial charge in [-0.1, -0.05) is 13.8 Å². The average Bonchev–Trinajstić information content (AvgIpc) is 2.30. The lowest BCUT2D eigenvalue weighted by atomic mass is 10.1. The van der Waals surface area contributed by atoms with Gasteiger partial charge in [0.2, 0.25) is 0 Å². The number of hydrogen-bond donors (Lipinski definition) is 1. The molecule has 2 rings (SSSR count). The molecule has 2 aromatic rings. The van der Waals surface area contributed by atoms with Gasteiger partial charge in [0.15, 0.2) is 4.77 Å². The number of H-pyrrole nitrogens is 1. The number of nitrogens with one attached hydrogen (secondary N) is 1. The van der Waals surface area contributed by atoms with Crippen LogP contribution in [0.4, 0.5) is 4.39 Å². The molecule has 18 heavy (non-hydrogen) atoms. The van der Waals surface area contributed by atoms with Crippen molar-refractivity contribution in [1.82, 2.24) is 9.55 Å². The highest BCUT2D eigenvalue weighted by atomic mass is 32.1. The van der Waals surface area contributed by atoms with Crippen LogP contribution in [0.25, 0.3) is 10.9 Å². The van der Waals surface area contributed by atoms with Gasteiger partial charge < -0.3 is 4.98 Å². The fraction of sp³-hybridized carbons (Fsp3) is 0.385. The Morgan fingerprint density at radius 1 is 1.44 bits per heavy atom. The van der Waals surface area contributed by atoms with Crippen molar-refractivity contribution in [2.24, 2.45) is 5.92 Å². The lowest BCUT2D eigenvalue weighted by molar-refractivity contribution is 0.502. The number of rotatable bonds is 3. The van der Waals surface area contributed by atoms with Crippen LogP contribution in [0, 0.1) is 16.5 Å². The fourth-order valence-electron chi connectivity index (χ4n) is 1.81. The molecule has 0 spiro atoms. The van der Waals surface area contributed by atoms with Crippen molar-refractivity contribution in [3.8, 4) is 0 Å². The molecule has 0 atom stereocenters. The summed E-state index contributed by atoms with van der Waals surface area (Å²) >= 11 is 5.17. The summed E-state index contributed by atoms with van der Waals surface area (Å²) in [6.45, 7) is 4.72. The zero-order valence-electron chi connectivity index (χ0n) is 10.4. The molecule has 96 valence electrons. The van der Waals surface area contributed by atoms with Crippen LogP contribution in [-0.2, 0) is 6.54 Å². The summed E-state index contributed by atoms with van der Waals surface area (Å²) < 4.78 is 15.1. The Labute approximate surface area is 109 Å². The average molecular weight is 266 g/mol. The minimum absolute atomic E-state index is 0.228. The van der Waals surface area contributed by atoms with Crippen molar-refractivity contribution < 1.29 is 4.39 Å². The molecule has 0 aliphatic carbocycles. The van der Waals surface area contributed by atoms with E-state index < -0.39 is 5.82 Å². The summed E-state index contributed by atoms with van der Waals surface area (Å²) in [5, 5.41) is 0.340. The van der Waals surface area contributed by atoms with Crippen LogP contribution in [0.5, 0.6) is 0 Å². The maximum Gasteiger partial charge on any atom is 0.262 e. The Hall–Kier alpha value is -1.49. The summed E-state index contributed by atoms with van der Waals surface area (Å²) in [4.78, 5) is 15.2. The highest BCUT2D eigenvalue weighted by Crippen LogP contribution is 2.10. The first-order valence-corrected chi connectivity index (χ1v) is 6.32. The lowest BCUT2D eigenvalue weighted by Gasteiger charge is -2.09. The van der Waals surface area contributed by atoms with E-state index in [9.17, 15) is 9.18 Å². The fourth-order valence-corrected chi connectivity index (χ4v) is 2.10. The molecule has 0 saturated carbocycles. The van der Waals surface area contributed by atoms with Crippen LogP contribution >= 0.6 is 12.2 Å². The van der Waals surface area contributed by atoms with Gasteiger partial charge in [-0.15, -0.1) is 0 Å². The second kappa shape index (κ2) is 5.02. The molecule has 3 nitrogen and oxygen atoms in total. The zero-order valence-corrected chi connectivity index (χ0v) is 11.2. The minimum Gasteiger partial charge on any atom is -0.332 e. The molecule has 1 aromatic carbocycles. The predicted molar refractivity (Wildman–Crippen MR) is 72.8 cm³/mol. The maximum absolute atomic E-state index is 13.2. The van der Waals surface area contributed by atoms with E-state index in [1.807, 2.05) is 0 Å². The zero-order chi connectivity index (χ0) is 13.3. The molecule has 0 fully saturated rings. The van der Waals surface area contributed by atoms with Crippen molar-refractivity contribution in [3.63, 3.8) is 0 Å². The number of benzene rings is 1. The van der Waals surface area contributed by atoms with E-state index in [4.69, 9.17) is 12.2 Å². The molecule has 1 heterocycles. The summed E-state index contributed by atoms with van der Waals surface area (Å²) in [5.74, 6) is 0.0648. The van der Waals surface area contributed by atoms with Crippen molar-refractivity contribution in [2.45, 2.75) is 26.8 Å². The largest absolute Gasteiger partial charge is 0.332 e. The Morgan fingerprint density at radius 3 is 2.83 bits per heavy atom. The van der Waals surface area contributed by atoms with Crippen LogP contribution < -0.4 is 5.56 Å². The summed E-state index contributed by atoms with van der Waals surface area (Å²) in [5.41, 5.74) is 0.348. The standard InChI is InChI=1S/C13H15FN2OS/c1-8(2)5-6-16-12(17)10-7-9(14)3-4-11(10)15-13(16)18/h3-4,7-8H,5-6H2,1-2H3,(H,15,18). The Morgan fingerprint density at radius 2 is 2.17 bits per heavy atom. The second-order valence-corrected chi connectivity index (χ2v) is 5.15. The van der Waals surface area contributed by atoms with Crippen molar-refractivity contribution >= 4 is 23.1 Å². The molecule has 5 heteroatoms. The maximum atomic E-state index is 13.2. The molecule has 0 aliphatic rings. The molecule has 0 bridgehead atoms. The van der Waals surface area contributed by atoms with Gasteiger partial charge in [-0.3, -0.25) is 9.36 Å². The van der Waals surface area contributed by atoms with E-state index >= 15 is 0 Å². The van der Waals surface area contributed by atoms with E-state index in [0.717, 1.165) is 6.42 Å². The predicted octanol–water partition coefficient (Wildman–Crippen LogP) is 3.24. The molecule has 1 aromatic heterocycles. The number of aromatic amines is 1. The Bertz CT molecular complexity index is 687. The third-order valence-electron chi connectivity index (χ3n) is 2.87. The van der Waals surface area contributed by atoms with Gasteiger partial charge >= 0.3 is 0 Å². The molecule has 1 N–H and O–H groups in total. The minimum atomic E-state index is -0.416. The van der Waals surface area contributed by atoms with Gasteiger partial charge in [0, 0.05) is 6.54 Å². The highest BCUT2D eigenvalue weighted by Gasteiger charge is 2.07. The molecule has 0 aliphatic heterocycles. The van der Waals surface area contributed by atoms with Gasteiger partial charge in [0.25, 0.3) is 5.56 Å². The van der Waals surface area contributed by atoms with Gasteiger partial charge in [-0.25, -0.2) is 4.39 Å². The van der Waals surface area contributed by atoms with Gasteiger partial charge in [0.05, 0.1) is 10.9 Å². The number of hydrogen-bond acceptors (Lipinski definition) is 2. The number of fused-ring (bicyclic) bond motifs is 1. The SMILES string of the molecule is CC(C)CCn1c(=S)[nH]c2ccc(F)cc2c1=O. The second-order valence-electron chi connectivity index (χ2n) is 4.76. The molecule has 0 saturated heterocycles.